The predicted molar refractivity (Wildman–Crippen MR) is 71.6 cm³/mol. The summed E-state index contributed by atoms with van der Waals surface area (Å²) in [5.41, 5.74) is 3.27. The molecule has 0 atom stereocenters. The molecule has 1 saturated carbocycles. The maximum absolute atomic E-state index is 9.32. The molecule has 0 unspecified atom stereocenters. The summed E-state index contributed by atoms with van der Waals surface area (Å²) in [5, 5.41) is 9.32. The van der Waals surface area contributed by atoms with Gasteiger partial charge in [0, 0.05) is 18.8 Å². The fourth-order valence-corrected chi connectivity index (χ4v) is 2.92. The summed E-state index contributed by atoms with van der Waals surface area (Å²) in [6.45, 7) is 0. The first kappa shape index (κ1) is 11.5. The molecule has 3 nitrogen and oxygen atoms in total. The van der Waals surface area contributed by atoms with Crippen LogP contribution in [0.2, 0.25) is 0 Å². The molecule has 2 aliphatic rings. The first-order valence-electron chi connectivity index (χ1n) is 6.95. The van der Waals surface area contributed by atoms with E-state index in [9.17, 15) is 5.26 Å². The third kappa shape index (κ3) is 1.86. The molecule has 1 heterocycles. The van der Waals surface area contributed by atoms with Gasteiger partial charge in [0.2, 0.25) is 0 Å². The molecule has 0 radical (unpaired) electrons. The maximum atomic E-state index is 9.32. The fraction of sp³-hybridized carbons (Fsp3) is 0.600. The summed E-state index contributed by atoms with van der Waals surface area (Å²) in [6, 6.07) is 4.99. The zero-order valence-corrected chi connectivity index (χ0v) is 10.9. The molecule has 0 aliphatic heterocycles. The first-order chi connectivity index (χ1) is 8.79. The Balaban J connectivity index is 1.99. The molecule has 1 aromatic rings. The molecule has 1 aromatic heterocycles. The number of nitrogens with zero attached hydrogens (tertiary/aromatic N) is 3. The van der Waals surface area contributed by atoms with Crippen LogP contribution >= 0.6 is 0 Å². The molecule has 0 amide bonds. The predicted octanol–water partition coefficient (Wildman–Crippen LogP) is 2.82. The Labute approximate surface area is 108 Å². The molecule has 1 fully saturated rings. The molecule has 18 heavy (non-hydrogen) atoms. The lowest BCUT2D eigenvalue weighted by molar-refractivity contribution is 0.399. The van der Waals surface area contributed by atoms with Gasteiger partial charge in [-0.15, -0.1) is 0 Å². The summed E-state index contributed by atoms with van der Waals surface area (Å²) < 4.78 is 0. The third-order valence-corrected chi connectivity index (χ3v) is 4.36. The van der Waals surface area contributed by atoms with Gasteiger partial charge in [-0.3, -0.25) is 0 Å². The molecule has 0 spiro atoms. The van der Waals surface area contributed by atoms with Gasteiger partial charge < -0.3 is 4.90 Å². The van der Waals surface area contributed by atoms with Crippen LogP contribution in [0.4, 0.5) is 5.82 Å². The number of rotatable bonds is 2. The van der Waals surface area contributed by atoms with E-state index in [-0.39, 0.29) is 0 Å². The van der Waals surface area contributed by atoms with E-state index in [0.717, 1.165) is 24.2 Å². The molecule has 3 heteroatoms. The second kappa shape index (κ2) is 4.61. The lowest BCUT2D eigenvalue weighted by atomic mass is 9.91. The highest BCUT2D eigenvalue weighted by atomic mass is 15.2. The zero-order chi connectivity index (χ0) is 12.5. The first-order valence-corrected chi connectivity index (χ1v) is 6.95. The lowest BCUT2D eigenvalue weighted by Crippen LogP contribution is -2.38. The number of nitriles is 1. The van der Waals surface area contributed by atoms with Crippen molar-refractivity contribution >= 4 is 5.82 Å². The van der Waals surface area contributed by atoms with Crippen LogP contribution in [0, 0.1) is 11.3 Å². The summed E-state index contributed by atoms with van der Waals surface area (Å²) in [4.78, 5) is 7.01. The van der Waals surface area contributed by atoms with Crippen LogP contribution in [0.3, 0.4) is 0 Å². The maximum Gasteiger partial charge on any atom is 0.146 e. The number of fused-ring (bicyclic) bond motifs is 1. The van der Waals surface area contributed by atoms with Gasteiger partial charge in [-0.25, -0.2) is 4.98 Å². The number of anilines is 1. The van der Waals surface area contributed by atoms with Crippen LogP contribution in [0.5, 0.6) is 0 Å². The van der Waals surface area contributed by atoms with Crippen molar-refractivity contribution in [3.63, 3.8) is 0 Å². The van der Waals surface area contributed by atoms with E-state index >= 15 is 0 Å². The van der Waals surface area contributed by atoms with Gasteiger partial charge in [-0.05, 0) is 56.6 Å². The minimum atomic E-state index is 0.589. The molecular formula is C15H19N3. The van der Waals surface area contributed by atoms with Crippen molar-refractivity contribution in [3.8, 4) is 6.07 Å². The third-order valence-electron chi connectivity index (χ3n) is 4.36. The van der Waals surface area contributed by atoms with Crippen molar-refractivity contribution in [3.05, 3.63) is 22.9 Å². The van der Waals surface area contributed by atoms with Gasteiger partial charge in [-0.1, -0.05) is 0 Å². The average molecular weight is 241 g/mol. The van der Waals surface area contributed by atoms with Crippen molar-refractivity contribution in [1.82, 2.24) is 4.98 Å². The van der Waals surface area contributed by atoms with Gasteiger partial charge in [0.1, 0.15) is 11.9 Å². The second-order valence-electron chi connectivity index (χ2n) is 5.48. The average Bonchev–Trinajstić information content (AvgIpc) is 2.35. The summed E-state index contributed by atoms with van der Waals surface area (Å²) >= 11 is 0. The van der Waals surface area contributed by atoms with Crippen molar-refractivity contribution in [2.75, 3.05) is 11.9 Å². The Kier molecular flexibility index (Phi) is 2.95. The summed E-state index contributed by atoms with van der Waals surface area (Å²) in [5.74, 6) is 0.905. The SMILES string of the molecule is CN(c1nc2c(cc1C#N)CCCC2)C1CCC1. The van der Waals surface area contributed by atoms with Crippen molar-refractivity contribution in [1.29, 1.82) is 5.26 Å². The Morgan fingerprint density at radius 3 is 2.72 bits per heavy atom. The summed E-state index contributed by atoms with van der Waals surface area (Å²) in [6.07, 6.45) is 8.41. The quantitative estimate of drug-likeness (QED) is 0.799. The number of aryl methyl sites for hydroxylation is 2. The van der Waals surface area contributed by atoms with Gasteiger partial charge in [0.05, 0.1) is 5.56 Å². The molecule has 94 valence electrons. The van der Waals surface area contributed by atoms with E-state index in [2.05, 4.69) is 24.1 Å². The Morgan fingerprint density at radius 1 is 1.28 bits per heavy atom. The van der Waals surface area contributed by atoms with Crippen LogP contribution in [-0.4, -0.2) is 18.1 Å². The van der Waals surface area contributed by atoms with E-state index in [1.54, 1.807) is 0 Å². The Hall–Kier alpha value is -1.56. The molecule has 0 bridgehead atoms. The van der Waals surface area contributed by atoms with Crippen molar-refractivity contribution < 1.29 is 0 Å². The van der Waals surface area contributed by atoms with Crippen molar-refractivity contribution in [2.45, 2.75) is 51.0 Å². The minimum absolute atomic E-state index is 0.589. The van der Waals surface area contributed by atoms with Gasteiger partial charge in [0.15, 0.2) is 0 Å². The highest BCUT2D eigenvalue weighted by Crippen LogP contribution is 2.31. The van der Waals surface area contributed by atoms with E-state index < -0.39 is 0 Å². The molecule has 2 aliphatic carbocycles. The normalized spacial score (nSPS) is 18.7. The molecule has 0 N–H and O–H groups in total. The van der Waals surface area contributed by atoms with Gasteiger partial charge in [-0.2, -0.15) is 5.26 Å². The molecular weight excluding hydrogens is 222 g/mol. The Bertz CT molecular complexity index is 497. The smallest absolute Gasteiger partial charge is 0.146 e. The van der Waals surface area contributed by atoms with Gasteiger partial charge in [0.25, 0.3) is 0 Å². The largest absolute Gasteiger partial charge is 0.356 e. The number of aromatic nitrogens is 1. The summed E-state index contributed by atoms with van der Waals surface area (Å²) in [7, 11) is 2.09. The molecule has 0 aromatic carbocycles. The van der Waals surface area contributed by atoms with Crippen LogP contribution < -0.4 is 4.90 Å². The van der Waals surface area contributed by atoms with E-state index in [1.807, 2.05) is 0 Å². The topological polar surface area (TPSA) is 39.9 Å². The number of pyridine rings is 1. The van der Waals surface area contributed by atoms with Crippen LogP contribution in [0.1, 0.15) is 48.9 Å². The fourth-order valence-electron chi connectivity index (χ4n) is 2.92. The van der Waals surface area contributed by atoms with Gasteiger partial charge >= 0.3 is 0 Å². The van der Waals surface area contributed by atoms with E-state index in [0.29, 0.717) is 6.04 Å². The van der Waals surface area contributed by atoms with Crippen molar-refractivity contribution in [2.24, 2.45) is 0 Å². The standard InChI is InChI=1S/C15H19N3/c1-18(13-6-4-7-13)15-12(10-16)9-11-5-2-3-8-14(11)17-15/h9,13H,2-8H2,1H3. The highest BCUT2D eigenvalue weighted by molar-refractivity contribution is 5.56. The molecule has 3 rings (SSSR count). The van der Waals surface area contributed by atoms with E-state index in [4.69, 9.17) is 4.98 Å². The highest BCUT2D eigenvalue weighted by Gasteiger charge is 2.26. The van der Waals surface area contributed by atoms with Crippen LogP contribution in [0.15, 0.2) is 6.07 Å². The lowest BCUT2D eigenvalue weighted by Gasteiger charge is -2.36. The zero-order valence-electron chi connectivity index (χ0n) is 10.9. The second-order valence-corrected chi connectivity index (χ2v) is 5.48. The van der Waals surface area contributed by atoms with Crippen LogP contribution in [0.25, 0.3) is 0 Å². The minimum Gasteiger partial charge on any atom is -0.356 e. The number of hydrogen-bond acceptors (Lipinski definition) is 3. The monoisotopic (exact) mass is 241 g/mol. The molecule has 0 saturated heterocycles. The Morgan fingerprint density at radius 2 is 2.06 bits per heavy atom. The van der Waals surface area contributed by atoms with E-state index in [1.165, 1.54) is 43.4 Å². The van der Waals surface area contributed by atoms with Crippen LogP contribution in [-0.2, 0) is 12.8 Å². The number of hydrogen-bond donors (Lipinski definition) is 0.